The molecule has 1 saturated carbocycles. The summed E-state index contributed by atoms with van der Waals surface area (Å²) in [5.41, 5.74) is 1.17. The van der Waals surface area contributed by atoms with Gasteiger partial charge in [-0.3, -0.25) is 0 Å². The van der Waals surface area contributed by atoms with E-state index in [0.717, 1.165) is 16.7 Å². The average Bonchev–Trinajstić information content (AvgIpc) is 3.09. The summed E-state index contributed by atoms with van der Waals surface area (Å²) in [6, 6.07) is 0. The minimum Gasteiger partial charge on any atom is -0.245 e. The maximum Gasteiger partial charge on any atom is 0.139 e. The van der Waals surface area contributed by atoms with Gasteiger partial charge in [0.2, 0.25) is 0 Å². The molecule has 0 amide bonds. The van der Waals surface area contributed by atoms with E-state index in [1.807, 2.05) is 11.3 Å². The fraction of sp³-hybridized carbons (Fsp3) is 0.583. The first kappa shape index (κ1) is 12.2. The standard InChI is InChI=1S/C12H16N4S2/c1-2-4-9(5-3-1)12-14-10(8-18-12)7-17-11-6-13-16-15-11/h6,8-9H,1-5,7H2,(H,13,15,16). The number of aromatic amines is 1. The second-order valence-electron chi connectivity index (χ2n) is 4.61. The van der Waals surface area contributed by atoms with Gasteiger partial charge >= 0.3 is 0 Å². The van der Waals surface area contributed by atoms with E-state index in [0.29, 0.717) is 0 Å². The highest BCUT2D eigenvalue weighted by atomic mass is 32.2. The minimum atomic E-state index is 0.717. The highest BCUT2D eigenvalue weighted by Crippen LogP contribution is 2.34. The summed E-state index contributed by atoms with van der Waals surface area (Å²) in [6.45, 7) is 0. The molecule has 0 atom stereocenters. The topological polar surface area (TPSA) is 54.5 Å². The Morgan fingerprint density at radius 3 is 3.00 bits per heavy atom. The van der Waals surface area contributed by atoms with Crippen LogP contribution in [0, 0.1) is 0 Å². The van der Waals surface area contributed by atoms with Crippen LogP contribution in [0.3, 0.4) is 0 Å². The first-order chi connectivity index (χ1) is 8.92. The van der Waals surface area contributed by atoms with Gasteiger partial charge in [-0.1, -0.05) is 31.0 Å². The summed E-state index contributed by atoms with van der Waals surface area (Å²) in [5.74, 6) is 1.60. The summed E-state index contributed by atoms with van der Waals surface area (Å²) < 4.78 is 0. The Morgan fingerprint density at radius 2 is 2.22 bits per heavy atom. The van der Waals surface area contributed by atoms with E-state index in [9.17, 15) is 0 Å². The lowest BCUT2D eigenvalue weighted by molar-refractivity contribution is 0.442. The molecule has 0 aliphatic heterocycles. The molecule has 2 aromatic rings. The van der Waals surface area contributed by atoms with Crippen molar-refractivity contribution in [2.75, 3.05) is 0 Å². The second kappa shape index (κ2) is 5.84. The molecule has 0 bridgehead atoms. The van der Waals surface area contributed by atoms with E-state index >= 15 is 0 Å². The van der Waals surface area contributed by atoms with Gasteiger partial charge < -0.3 is 0 Å². The van der Waals surface area contributed by atoms with Gasteiger partial charge in [-0.15, -0.1) is 16.4 Å². The third kappa shape index (κ3) is 2.92. The van der Waals surface area contributed by atoms with Crippen LogP contribution in [0.1, 0.15) is 48.7 Å². The van der Waals surface area contributed by atoms with Gasteiger partial charge in [-0.25, -0.2) is 4.98 Å². The monoisotopic (exact) mass is 280 g/mol. The number of aromatic nitrogens is 4. The first-order valence-electron chi connectivity index (χ1n) is 6.34. The zero-order valence-electron chi connectivity index (χ0n) is 10.1. The molecule has 1 aliphatic carbocycles. The molecule has 0 spiro atoms. The molecule has 0 aromatic carbocycles. The van der Waals surface area contributed by atoms with E-state index in [-0.39, 0.29) is 0 Å². The highest BCUT2D eigenvalue weighted by Gasteiger charge is 2.18. The van der Waals surface area contributed by atoms with Crippen LogP contribution < -0.4 is 0 Å². The van der Waals surface area contributed by atoms with Gasteiger partial charge in [-0.05, 0) is 12.8 Å². The maximum absolute atomic E-state index is 4.77. The fourth-order valence-electron chi connectivity index (χ4n) is 2.33. The largest absolute Gasteiger partial charge is 0.245 e. The van der Waals surface area contributed by atoms with Gasteiger partial charge in [0, 0.05) is 17.1 Å². The quantitative estimate of drug-likeness (QED) is 0.869. The smallest absolute Gasteiger partial charge is 0.139 e. The third-order valence-electron chi connectivity index (χ3n) is 3.28. The van der Waals surface area contributed by atoms with Crippen molar-refractivity contribution >= 4 is 23.1 Å². The van der Waals surface area contributed by atoms with Crippen LogP contribution >= 0.6 is 23.1 Å². The van der Waals surface area contributed by atoms with Crippen LogP contribution in [0.5, 0.6) is 0 Å². The van der Waals surface area contributed by atoms with Crippen molar-refractivity contribution in [2.45, 2.75) is 48.8 Å². The van der Waals surface area contributed by atoms with Gasteiger partial charge in [0.05, 0.1) is 16.9 Å². The van der Waals surface area contributed by atoms with Crippen molar-refractivity contribution in [3.05, 3.63) is 22.3 Å². The molecule has 0 saturated heterocycles. The fourth-order valence-corrected chi connectivity index (χ4v) is 4.11. The molecule has 18 heavy (non-hydrogen) atoms. The number of thiazole rings is 1. The van der Waals surface area contributed by atoms with E-state index in [4.69, 9.17) is 4.98 Å². The Labute approximate surface area is 115 Å². The second-order valence-corrected chi connectivity index (χ2v) is 6.49. The number of hydrogen-bond donors (Lipinski definition) is 1. The minimum absolute atomic E-state index is 0.717. The van der Waals surface area contributed by atoms with Crippen molar-refractivity contribution in [1.29, 1.82) is 0 Å². The molecule has 0 radical (unpaired) electrons. The van der Waals surface area contributed by atoms with Crippen molar-refractivity contribution in [3.63, 3.8) is 0 Å². The molecular weight excluding hydrogens is 264 g/mol. The van der Waals surface area contributed by atoms with Gasteiger partial charge in [0.1, 0.15) is 5.03 Å². The van der Waals surface area contributed by atoms with E-state index in [1.165, 1.54) is 42.8 Å². The number of H-pyrrole nitrogens is 1. The first-order valence-corrected chi connectivity index (χ1v) is 8.21. The molecule has 2 heterocycles. The van der Waals surface area contributed by atoms with Crippen LogP contribution in [0.15, 0.2) is 16.6 Å². The predicted octanol–water partition coefficient (Wildman–Crippen LogP) is 3.60. The summed E-state index contributed by atoms with van der Waals surface area (Å²) >= 11 is 3.50. The van der Waals surface area contributed by atoms with Crippen molar-refractivity contribution in [1.82, 2.24) is 20.4 Å². The lowest BCUT2D eigenvalue weighted by atomic mass is 9.90. The lowest BCUT2D eigenvalue weighted by Crippen LogP contribution is -2.04. The molecular formula is C12H16N4S2. The maximum atomic E-state index is 4.77. The van der Waals surface area contributed by atoms with Crippen molar-refractivity contribution in [3.8, 4) is 0 Å². The molecule has 1 N–H and O–H groups in total. The number of nitrogens with one attached hydrogen (secondary N) is 1. The summed E-state index contributed by atoms with van der Waals surface area (Å²) in [4.78, 5) is 4.77. The Hall–Kier alpha value is -0.880. The van der Waals surface area contributed by atoms with Gasteiger partial charge in [0.25, 0.3) is 0 Å². The average molecular weight is 280 g/mol. The zero-order chi connectivity index (χ0) is 12.2. The van der Waals surface area contributed by atoms with Crippen LogP contribution in [-0.4, -0.2) is 20.4 Å². The van der Waals surface area contributed by atoms with E-state index in [1.54, 1.807) is 18.0 Å². The predicted molar refractivity (Wildman–Crippen MR) is 73.9 cm³/mol. The highest BCUT2D eigenvalue weighted by molar-refractivity contribution is 7.98. The molecule has 4 nitrogen and oxygen atoms in total. The van der Waals surface area contributed by atoms with Gasteiger partial charge in [0.15, 0.2) is 0 Å². The van der Waals surface area contributed by atoms with Crippen LogP contribution in [-0.2, 0) is 5.75 Å². The van der Waals surface area contributed by atoms with Crippen molar-refractivity contribution in [2.24, 2.45) is 0 Å². The van der Waals surface area contributed by atoms with Crippen LogP contribution in [0.4, 0.5) is 0 Å². The third-order valence-corrected chi connectivity index (χ3v) is 5.27. The SMILES string of the molecule is c1sc(C2CCCCC2)nc1CSc1cn[nH]n1. The summed E-state index contributed by atoms with van der Waals surface area (Å²) in [5, 5.41) is 14.9. The van der Waals surface area contributed by atoms with Crippen molar-refractivity contribution < 1.29 is 0 Å². The molecule has 96 valence electrons. The van der Waals surface area contributed by atoms with Crippen LogP contribution in [0.25, 0.3) is 0 Å². The normalized spacial score (nSPS) is 17.1. The van der Waals surface area contributed by atoms with Gasteiger partial charge in [-0.2, -0.15) is 10.3 Å². The van der Waals surface area contributed by atoms with E-state index < -0.39 is 0 Å². The Morgan fingerprint density at radius 1 is 1.33 bits per heavy atom. The molecule has 3 rings (SSSR count). The summed E-state index contributed by atoms with van der Waals surface area (Å²) in [6.07, 6.45) is 8.53. The molecule has 2 aromatic heterocycles. The molecule has 1 fully saturated rings. The zero-order valence-corrected chi connectivity index (χ0v) is 11.8. The lowest BCUT2D eigenvalue weighted by Gasteiger charge is -2.18. The number of thioether (sulfide) groups is 1. The van der Waals surface area contributed by atoms with Crippen LogP contribution in [0.2, 0.25) is 0 Å². The number of hydrogen-bond acceptors (Lipinski definition) is 5. The Bertz CT molecular complexity index is 474. The molecule has 6 heteroatoms. The molecule has 1 aliphatic rings. The Balaban J connectivity index is 1.59. The summed E-state index contributed by atoms with van der Waals surface area (Å²) in [7, 11) is 0. The Kier molecular flexibility index (Phi) is 3.95. The number of nitrogens with zero attached hydrogens (tertiary/aromatic N) is 3. The number of rotatable bonds is 4. The molecule has 0 unspecified atom stereocenters. The van der Waals surface area contributed by atoms with E-state index in [2.05, 4.69) is 20.8 Å².